The lowest BCUT2D eigenvalue weighted by Crippen LogP contribution is -2.32. The maximum absolute atomic E-state index is 12.9. The number of nitrogens with one attached hydrogen (secondary N) is 1. The molecule has 1 aromatic heterocycles. The van der Waals surface area contributed by atoms with Crippen molar-refractivity contribution in [3.8, 4) is 0 Å². The zero-order valence-electron chi connectivity index (χ0n) is 17.2. The van der Waals surface area contributed by atoms with E-state index in [1.165, 1.54) is 4.68 Å². The molecule has 2 aliphatic carbocycles. The van der Waals surface area contributed by atoms with Gasteiger partial charge in [-0.05, 0) is 30.9 Å². The molecule has 1 aliphatic heterocycles. The number of hydrogen-bond acceptors (Lipinski definition) is 5. The summed E-state index contributed by atoms with van der Waals surface area (Å²) >= 11 is 12.7. The number of alkyl halides is 1. The van der Waals surface area contributed by atoms with Gasteiger partial charge in [-0.1, -0.05) is 61.1 Å². The predicted molar refractivity (Wildman–Crippen MR) is 126 cm³/mol. The van der Waals surface area contributed by atoms with Crippen LogP contribution in [0.3, 0.4) is 0 Å². The number of hydrogen-bond donors (Lipinski definition) is 1. The van der Waals surface area contributed by atoms with Crippen LogP contribution in [0, 0.1) is 5.92 Å². The molecule has 4 rings (SSSR count). The van der Waals surface area contributed by atoms with Gasteiger partial charge in [-0.15, -0.1) is 11.6 Å². The standard InChI is InChI=1S/C23H24Cl2N4O2/c1-15-12-17(24)10-6-7-11-20(15)31-14-19-21(25)22(30)29-23(27-19)26-13-18(28-29)16-8-4-2-3-5-9-16/h2,4-6,8-11,15,17H,3,7,12-14H2,1H3,(H,26,27)/b10-6-,20-11+. The van der Waals surface area contributed by atoms with Crippen molar-refractivity contribution >= 4 is 34.9 Å². The zero-order valence-corrected chi connectivity index (χ0v) is 18.7. The fourth-order valence-corrected chi connectivity index (χ4v) is 4.13. The summed E-state index contributed by atoms with van der Waals surface area (Å²) in [6, 6.07) is 0. The van der Waals surface area contributed by atoms with Crippen molar-refractivity contribution in [1.82, 2.24) is 9.66 Å². The van der Waals surface area contributed by atoms with Crippen molar-refractivity contribution in [1.29, 1.82) is 0 Å². The molecule has 6 nitrogen and oxygen atoms in total. The largest absolute Gasteiger partial charge is 0.492 e. The summed E-state index contributed by atoms with van der Waals surface area (Å²) in [5.41, 5.74) is 1.65. The van der Waals surface area contributed by atoms with Gasteiger partial charge in [0.1, 0.15) is 17.3 Å². The minimum atomic E-state index is -0.424. The van der Waals surface area contributed by atoms with Gasteiger partial charge in [0.15, 0.2) is 0 Å². The highest BCUT2D eigenvalue weighted by molar-refractivity contribution is 6.31. The third kappa shape index (κ3) is 5.02. The number of allylic oxidation sites excluding steroid dienone is 9. The Labute approximate surface area is 191 Å². The van der Waals surface area contributed by atoms with E-state index < -0.39 is 5.56 Å². The molecular formula is C23H24Cl2N4O2. The Hall–Kier alpha value is -2.57. The van der Waals surface area contributed by atoms with Gasteiger partial charge in [0.2, 0.25) is 5.95 Å². The average Bonchev–Trinajstić information content (AvgIpc) is 3.04. The molecule has 3 aliphatic rings. The molecule has 8 heteroatoms. The van der Waals surface area contributed by atoms with E-state index in [1.54, 1.807) is 0 Å². The number of rotatable bonds is 4. The van der Waals surface area contributed by atoms with Crippen LogP contribution in [-0.4, -0.2) is 27.3 Å². The molecule has 0 saturated carbocycles. The maximum Gasteiger partial charge on any atom is 0.294 e. The Kier molecular flexibility index (Phi) is 6.78. The lowest BCUT2D eigenvalue weighted by Gasteiger charge is -2.22. The Morgan fingerprint density at radius 2 is 2.16 bits per heavy atom. The Morgan fingerprint density at radius 3 is 3.03 bits per heavy atom. The molecule has 2 atom stereocenters. The zero-order chi connectivity index (χ0) is 21.8. The van der Waals surface area contributed by atoms with E-state index in [1.807, 2.05) is 36.5 Å². The highest BCUT2D eigenvalue weighted by atomic mass is 35.5. The molecule has 2 unspecified atom stereocenters. The van der Waals surface area contributed by atoms with Crippen molar-refractivity contribution in [3.05, 3.63) is 81.0 Å². The number of anilines is 1. The first-order valence-electron chi connectivity index (χ1n) is 10.3. The average molecular weight is 459 g/mol. The summed E-state index contributed by atoms with van der Waals surface area (Å²) < 4.78 is 7.22. The summed E-state index contributed by atoms with van der Waals surface area (Å²) in [6.45, 7) is 2.64. The van der Waals surface area contributed by atoms with Crippen LogP contribution in [-0.2, 0) is 11.3 Å². The van der Waals surface area contributed by atoms with E-state index in [9.17, 15) is 4.79 Å². The highest BCUT2D eigenvalue weighted by Crippen LogP contribution is 2.26. The number of ether oxygens (including phenoxy) is 1. The second kappa shape index (κ2) is 9.71. The third-order valence-corrected chi connectivity index (χ3v) is 5.97. The summed E-state index contributed by atoms with van der Waals surface area (Å²) in [4.78, 5) is 17.4. The maximum atomic E-state index is 12.9. The van der Waals surface area contributed by atoms with E-state index in [0.29, 0.717) is 18.2 Å². The van der Waals surface area contributed by atoms with Gasteiger partial charge in [-0.3, -0.25) is 4.79 Å². The molecule has 0 bridgehead atoms. The third-order valence-electron chi connectivity index (χ3n) is 5.26. The van der Waals surface area contributed by atoms with Gasteiger partial charge in [-0.2, -0.15) is 9.78 Å². The molecule has 1 N–H and O–H groups in total. The van der Waals surface area contributed by atoms with Gasteiger partial charge in [0.25, 0.3) is 5.56 Å². The summed E-state index contributed by atoms with van der Waals surface area (Å²) in [6.07, 6.45) is 18.5. The van der Waals surface area contributed by atoms with Crippen LogP contribution < -0.4 is 10.9 Å². The fourth-order valence-electron chi connectivity index (χ4n) is 3.59. The van der Waals surface area contributed by atoms with Crippen LogP contribution in [0.25, 0.3) is 0 Å². The molecule has 0 aromatic carbocycles. The van der Waals surface area contributed by atoms with Crippen LogP contribution in [0.5, 0.6) is 0 Å². The molecular weight excluding hydrogens is 435 g/mol. The van der Waals surface area contributed by atoms with Crippen molar-refractivity contribution in [3.63, 3.8) is 0 Å². The van der Waals surface area contributed by atoms with Crippen molar-refractivity contribution < 1.29 is 4.74 Å². The molecule has 1 aromatic rings. The van der Waals surface area contributed by atoms with E-state index in [4.69, 9.17) is 27.9 Å². The fraction of sp³-hybridized carbons (Fsp3) is 0.348. The van der Waals surface area contributed by atoms with Crippen LogP contribution in [0.4, 0.5) is 5.95 Å². The minimum absolute atomic E-state index is 0.00930. The molecule has 2 heterocycles. The summed E-state index contributed by atoms with van der Waals surface area (Å²) in [5, 5.41) is 7.65. The first-order chi connectivity index (χ1) is 15.0. The first kappa shape index (κ1) is 21.7. The van der Waals surface area contributed by atoms with Crippen molar-refractivity contribution in [2.24, 2.45) is 11.0 Å². The smallest absolute Gasteiger partial charge is 0.294 e. The van der Waals surface area contributed by atoms with E-state index in [-0.39, 0.29) is 22.9 Å². The second-order valence-corrected chi connectivity index (χ2v) is 8.55. The Balaban J connectivity index is 1.57. The molecule has 31 heavy (non-hydrogen) atoms. The van der Waals surface area contributed by atoms with Crippen LogP contribution in [0.15, 0.2) is 69.8 Å². The lowest BCUT2D eigenvalue weighted by atomic mass is 9.99. The van der Waals surface area contributed by atoms with Gasteiger partial charge in [-0.25, -0.2) is 4.98 Å². The van der Waals surface area contributed by atoms with Crippen LogP contribution in [0.2, 0.25) is 5.02 Å². The number of fused-ring (bicyclic) bond motifs is 1. The second-order valence-electron chi connectivity index (χ2n) is 7.61. The lowest BCUT2D eigenvalue weighted by molar-refractivity contribution is 0.161. The first-order valence-corrected chi connectivity index (χ1v) is 11.1. The summed E-state index contributed by atoms with van der Waals surface area (Å²) in [7, 11) is 0. The van der Waals surface area contributed by atoms with Crippen molar-refractivity contribution in [2.75, 3.05) is 11.9 Å². The molecule has 0 spiro atoms. The van der Waals surface area contributed by atoms with Gasteiger partial charge in [0.05, 0.1) is 23.4 Å². The summed E-state index contributed by atoms with van der Waals surface area (Å²) in [5.74, 6) is 1.35. The Morgan fingerprint density at radius 1 is 1.29 bits per heavy atom. The molecule has 0 saturated heterocycles. The molecule has 162 valence electrons. The molecule has 0 radical (unpaired) electrons. The topological polar surface area (TPSA) is 68.5 Å². The van der Waals surface area contributed by atoms with Crippen LogP contribution in [0.1, 0.15) is 31.9 Å². The van der Waals surface area contributed by atoms with E-state index >= 15 is 0 Å². The highest BCUT2D eigenvalue weighted by Gasteiger charge is 2.22. The molecule has 0 amide bonds. The van der Waals surface area contributed by atoms with Gasteiger partial charge < -0.3 is 10.1 Å². The monoisotopic (exact) mass is 458 g/mol. The normalized spacial score (nSPS) is 25.6. The quantitative estimate of drug-likeness (QED) is 0.511. The van der Waals surface area contributed by atoms with E-state index in [2.05, 4.69) is 34.5 Å². The van der Waals surface area contributed by atoms with Gasteiger partial charge >= 0.3 is 0 Å². The van der Waals surface area contributed by atoms with Crippen LogP contribution >= 0.6 is 23.2 Å². The number of aromatic nitrogens is 2. The minimum Gasteiger partial charge on any atom is -0.492 e. The Bertz CT molecular complexity index is 1100. The predicted octanol–water partition coefficient (Wildman–Crippen LogP) is 4.96. The number of nitrogens with zero attached hydrogens (tertiary/aromatic N) is 3. The SMILES string of the molecule is CC1CC(Cl)/C=C\C/C=C\1OCc1nc2n(c(=O)c1Cl)N=C(C1=CC=CCC=C1)CN2. The van der Waals surface area contributed by atoms with Gasteiger partial charge in [0, 0.05) is 5.92 Å². The van der Waals surface area contributed by atoms with Crippen molar-refractivity contribution in [2.45, 2.75) is 38.2 Å². The number of halogens is 2. The van der Waals surface area contributed by atoms with E-state index in [0.717, 1.165) is 36.3 Å². The molecule has 0 fully saturated rings.